The van der Waals surface area contributed by atoms with Crippen molar-refractivity contribution in [3.63, 3.8) is 0 Å². The molecule has 1 aromatic rings. The van der Waals surface area contributed by atoms with Crippen LogP contribution in [0.2, 0.25) is 0 Å². The average molecular weight is 286 g/mol. The molecular weight excluding hydrogens is 272 g/mol. The van der Waals surface area contributed by atoms with Crippen molar-refractivity contribution in [1.82, 2.24) is 14.5 Å². The van der Waals surface area contributed by atoms with E-state index in [0.29, 0.717) is 0 Å². The summed E-state index contributed by atoms with van der Waals surface area (Å²) in [6.45, 7) is 3.32. The van der Waals surface area contributed by atoms with E-state index in [0.717, 1.165) is 10.5 Å². The van der Waals surface area contributed by atoms with Gasteiger partial charge in [-0.3, -0.25) is 5.10 Å². The third-order valence-corrected chi connectivity index (χ3v) is 4.40. The number of aromatic nitrogens is 2. The molecule has 0 aliphatic heterocycles. The van der Waals surface area contributed by atoms with Crippen LogP contribution in [0.4, 0.5) is 0 Å². The Kier molecular flexibility index (Phi) is 4.63. The summed E-state index contributed by atoms with van der Waals surface area (Å²) in [5.41, 5.74) is -0.414. The van der Waals surface area contributed by atoms with Crippen LogP contribution in [0.15, 0.2) is 11.2 Å². The second kappa shape index (κ2) is 5.81. The van der Waals surface area contributed by atoms with Crippen LogP contribution in [0.1, 0.15) is 24.2 Å². The van der Waals surface area contributed by atoms with Gasteiger partial charge in [-0.05, 0) is 6.92 Å². The number of aromatic amines is 1. The number of nitriles is 1. The second-order valence-corrected chi connectivity index (χ2v) is 5.78. The van der Waals surface area contributed by atoms with E-state index < -0.39 is 32.5 Å². The zero-order valence-electron chi connectivity index (χ0n) is 10.5. The maximum absolute atomic E-state index is 12.3. The van der Waals surface area contributed by atoms with Gasteiger partial charge in [0.1, 0.15) is 5.56 Å². The van der Waals surface area contributed by atoms with Crippen LogP contribution in [0.5, 0.6) is 0 Å². The number of sulfonamides is 1. The van der Waals surface area contributed by atoms with Crippen LogP contribution in [0.3, 0.4) is 0 Å². The van der Waals surface area contributed by atoms with Crippen molar-refractivity contribution in [2.75, 3.05) is 13.1 Å². The summed E-state index contributed by atoms with van der Waals surface area (Å²) < 4.78 is 25.6. The summed E-state index contributed by atoms with van der Waals surface area (Å²) in [7, 11) is -4.01. The number of carboxylic acids is 1. The van der Waals surface area contributed by atoms with E-state index in [1.807, 2.05) is 6.07 Å². The lowest BCUT2D eigenvalue weighted by molar-refractivity contribution is 0.0692. The van der Waals surface area contributed by atoms with Gasteiger partial charge in [-0.2, -0.15) is 14.7 Å². The predicted molar refractivity (Wildman–Crippen MR) is 64.8 cm³/mol. The number of nitrogens with one attached hydrogen (secondary N) is 1. The van der Waals surface area contributed by atoms with Crippen LogP contribution in [-0.4, -0.2) is 47.1 Å². The van der Waals surface area contributed by atoms with Crippen LogP contribution in [-0.2, 0) is 10.0 Å². The van der Waals surface area contributed by atoms with Crippen molar-refractivity contribution in [3.8, 4) is 6.07 Å². The Morgan fingerprint density at radius 2 is 2.32 bits per heavy atom. The SMILES string of the molecule is CCN(CC(C)C#N)S(=O)(=O)c1[nH]ncc1C(=O)O. The van der Waals surface area contributed by atoms with Gasteiger partial charge in [0.25, 0.3) is 10.0 Å². The minimum absolute atomic E-state index is 0.00654. The summed E-state index contributed by atoms with van der Waals surface area (Å²) >= 11 is 0. The first-order valence-electron chi connectivity index (χ1n) is 5.51. The number of hydrogen-bond donors (Lipinski definition) is 2. The Balaban J connectivity index is 3.18. The number of nitrogens with zero attached hydrogens (tertiary/aromatic N) is 3. The third-order valence-electron chi connectivity index (χ3n) is 2.48. The molecule has 1 unspecified atom stereocenters. The molecule has 0 saturated heterocycles. The largest absolute Gasteiger partial charge is 0.478 e. The van der Waals surface area contributed by atoms with Crippen LogP contribution < -0.4 is 0 Å². The van der Waals surface area contributed by atoms with E-state index >= 15 is 0 Å². The molecule has 0 spiro atoms. The van der Waals surface area contributed by atoms with Crippen LogP contribution in [0, 0.1) is 17.2 Å². The molecule has 8 nitrogen and oxygen atoms in total. The average Bonchev–Trinajstić information content (AvgIpc) is 2.85. The lowest BCUT2D eigenvalue weighted by Gasteiger charge is -2.20. The topological polar surface area (TPSA) is 127 Å². The van der Waals surface area contributed by atoms with Crippen molar-refractivity contribution in [3.05, 3.63) is 11.8 Å². The standard InChI is InChI=1S/C10H14N4O4S/c1-3-14(6-7(2)4-11)19(17,18)9-8(10(15)16)5-12-13-9/h5,7H,3,6H2,1-2H3,(H,12,13)(H,15,16). The molecule has 0 radical (unpaired) electrons. The van der Waals surface area contributed by atoms with Gasteiger partial charge in [0.15, 0.2) is 5.03 Å². The Morgan fingerprint density at radius 1 is 1.68 bits per heavy atom. The summed E-state index contributed by atoms with van der Waals surface area (Å²) in [5, 5.41) is 22.8. The smallest absolute Gasteiger partial charge is 0.340 e. The zero-order chi connectivity index (χ0) is 14.6. The Labute approximate surface area is 110 Å². The molecule has 2 N–H and O–H groups in total. The minimum atomic E-state index is -4.01. The number of rotatable bonds is 6. The van der Waals surface area contributed by atoms with Crippen molar-refractivity contribution in [2.45, 2.75) is 18.9 Å². The first-order valence-corrected chi connectivity index (χ1v) is 6.95. The number of H-pyrrole nitrogens is 1. The van der Waals surface area contributed by atoms with E-state index in [2.05, 4.69) is 10.2 Å². The molecule has 0 bridgehead atoms. The van der Waals surface area contributed by atoms with E-state index in [9.17, 15) is 13.2 Å². The van der Waals surface area contributed by atoms with Gasteiger partial charge in [0.05, 0.1) is 18.2 Å². The molecule has 0 aromatic carbocycles. The molecule has 1 aromatic heterocycles. The highest BCUT2D eigenvalue weighted by atomic mass is 32.2. The fourth-order valence-corrected chi connectivity index (χ4v) is 3.10. The quantitative estimate of drug-likeness (QED) is 0.773. The molecular formula is C10H14N4O4S. The maximum atomic E-state index is 12.3. The second-order valence-electron chi connectivity index (χ2n) is 3.90. The number of carboxylic acid groups (broad SMARTS) is 1. The van der Waals surface area contributed by atoms with E-state index in [1.165, 1.54) is 0 Å². The minimum Gasteiger partial charge on any atom is -0.478 e. The maximum Gasteiger partial charge on any atom is 0.340 e. The number of carbonyl (C=O) groups is 1. The fraction of sp³-hybridized carbons (Fsp3) is 0.500. The van der Waals surface area contributed by atoms with Crippen molar-refractivity contribution < 1.29 is 18.3 Å². The molecule has 0 aliphatic rings. The highest BCUT2D eigenvalue weighted by Gasteiger charge is 2.30. The van der Waals surface area contributed by atoms with E-state index in [1.54, 1.807) is 13.8 Å². The normalized spacial score (nSPS) is 13.2. The third kappa shape index (κ3) is 3.10. The molecule has 19 heavy (non-hydrogen) atoms. The summed E-state index contributed by atoms with van der Waals surface area (Å²) in [6, 6.07) is 1.94. The van der Waals surface area contributed by atoms with E-state index in [4.69, 9.17) is 10.4 Å². The molecule has 1 heterocycles. The first kappa shape index (κ1) is 15.1. The lowest BCUT2D eigenvalue weighted by atomic mass is 10.2. The van der Waals surface area contributed by atoms with Gasteiger partial charge in [-0.15, -0.1) is 0 Å². The van der Waals surface area contributed by atoms with Gasteiger partial charge in [-0.1, -0.05) is 6.92 Å². The van der Waals surface area contributed by atoms with Crippen molar-refractivity contribution in [1.29, 1.82) is 5.26 Å². The zero-order valence-corrected chi connectivity index (χ0v) is 11.3. The van der Waals surface area contributed by atoms with Gasteiger partial charge < -0.3 is 5.11 Å². The molecule has 0 aliphatic carbocycles. The highest BCUT2D eigenvalue weighted by Crippen LogP contribution is 2.18. The Hall–Kier alpha value is -1.92. The van der Waals surface area contributed by atoms with Crippen LogP contribution >= 0.6 is 0 Å². The van der Waals surface area contributed by atoms with Gasteiger partial charge >= 0.3 is 5.97 Å². The Morgan fingerprint density at radius 3 is 2.79 bits per heavy atom. The van der Waals surface area contributed by atoms with Gasteiger partial charge in [0, 0.05) is 13.1 Å². The lowest BCUT2D eigenvalue weighted by Crippen LogP contribution is -2.35. The molecule has 1 atom stereocenters. The molecule has 9 heteroatoms. The fourth-order valence-electron chi connectivity index (χ4n) is 1.50. The first-order chi connectivity index (χ1) is 8.84. The predicted octanol–water partition coefficient (Wildman–Crippen LogP) is 0.278. The molecule has 0 saturated carbocycles. The van der Waals surface area contributed by atoms with Crippen molar-refractivity contribution in [2.24, 2.45) is 5.92 Å². The summed E-state index contributed by atoms with van der Waals surface area (Å²) in [5.74, 6) is -1.87. The highest BCUT2D eigenvalue weighted by molar-refractivity contribution is 7.89. The van der Waals surface area contributed by atoms with Crippen LogP contribution in [0.25, 0.3) is 0 Å². The van der Waals surface area contributed by atoms with Gasteiger partial charge in [0.2, 0.25) is 0 Å². The summed E-state index contributed by atoms with van der Waals surface area (Å²) in [4.78, 5) is 10.9. The molecule has 104 valence electrons. The van der Waals surface area contributed by atoms with E-state index in [-0.39, 0.29) is 13.1 Å². The Bertz CT molecular complexity index is 601. The molecule has 0 fully saturated rings. The molecule has 0 amide bonds. The monoisotopic (exact) mass is 286 g/mol. The summed E-state index contributed by atoms with van der Waals surface area (Å²) in [6.07, 6.45) is 0.941. The number of aromatic carboxylic acids is 1. The van der Waals surface area contributed by atoms with Crippen molar-refractivity contribution >= 4 is 16.0 Å². The number of hydrogen-bond acceptors (Lipinski definition) is 5. The van der Waals surface area contributed by atoms with Gasteiger partial charge in [-0.25, -0.2) is 13.2 Å². The molecule has 1 rings (SSSR count).